The van der Waals surface area contributed by atoms with Gasteiger partial charge < -0.3 is 48.8 Å². The fourth-order valence-electron chi connectivity index (χ4n) is 3.11. The number of carbonyl (C=O) groups excluding carboxylic acids is 2. The molecule has 0 bridgehead atoms. The molecule has 1 heterocycles. The molecular formula is C31H52O14. The monoisotopic (exact) mass is 648 g/mol. The quantitative estimate of drug-likeness (QED) is 0.0435. The lowest BCUT2D eigenvalue weighted by Gasteiger charge is -2.11. The number of carboxylic acid groups (broad SMARTS) is 2. The highest BCUT2D eigenvalue weighted by atomic mass is 16.6. The number of ether oxygens (including phenoxy) is 6. The zero-order valence-corrected chi connectivity index (χ0v) is 26.2. The third-order valence-corrected chi connectivity index (χ3v) is 5.53. The molecule has 1 fully saturated rings. The van der Waals surface area contributed by atoms with E-state index in [2.05, 4.69) is 19.7 Å². The largest absolute Gasteiger partial charge is 0.499 e. The van der Waals surface area contributed by atoms with E-state index in [0.29, 0.717) is 38.4 Å². The Morgan fingerprint density at radius 1 is 0.622 bits per heavy atom. The summed E-state index contributed by atoms with van der Waals surface area (Å²) in [6.07, 6.45) is 9.11. The average molecular weight is 649 g/mol. The molecule has 14 nitrogen and oxygen atoms in total. The van der Waals surface area contributed by atoms with Crippen LogP contribution in [0.2, 0.25) is 0 Å². The van der Waals surface area contributed by atoms with E-state index >= 15 is 0 Å². The van der Waals surface area contributed by atoms with Crippen molar-refractivity contribution in [3.63, 3.8) is 0 Å². The zero-order valence-electron chi connectivity index (χ0n) is 26.2. The van der Waals surface area contributed by atoms with Gasteiger partial charge in [0, 0.05) is 25.7 Å². The number of carbonyl (C=O) groups is 4. The van der Waals surface area contributed by atoms with Gasteiger partial charge in [-0.2, -0.15) is 0 Å². The van der Waals surface area contributed by atoms with Gasteiger partial charge in [0.05, 0.1) is 25.4 Å². The molecule has 3 unspecified atom stereocenters. The van der Waals surface area contributed by atoms with Gasteiger partial charge in [-0.3, -0.25) is 19.2 Å². The second-order valence-corrected chi connectivity index (χ2v) is 9.74. The number of aliphatic hydroxyl groups is 2. The van der Waals surface area contributed by atoms with Gasteiger partial charge in [-0.25, -0.2) is 0 Å². The molecule has 1 aliphatic rings. The molecule has 14 heteroatoms. The lowest BCUT2D eigenvalue weighted by atomic mass is 10.1. The second-order valence-electron chi connectivity index (χ2n) is 9.74. The van der Waals surface area contributed by atoms with Crippen LogP contribution in [0.25, 0.3) is 0 Å². The predicted molar refractivity (Wildman–Crippen MR) is 163 cm³/mol. The molecule has 0 spiro atoms. The van der Waals surface area contributed by atoms with E-state index in [4.69, 9.17) is 38.6 Å². The molecule has 45 heavy (non-hydrogen) atoms. The Kier molecular flexibility index (Phi) is 30.7. The summed E-state index contributed by atoms with van der Waals surface area (Å²) >= 11 is 0. The first-order valence-corrected chi connectivity index (χ1v) is 15.0. The Bertz CT molecular complexity index is 756. The Labute approximate surface area is 265 Å². The van der Waals surface area contributed by atoms with Gasteiger partial charge in [-0.05, 0) is 25.7 Å². The third kappa shape index (κ3) is 38.4. The van der Waals surface area contributed by atoms with Crippen molar-refractivity contribution in [1.82, 2.24) is 0 Å². The standard InChI is InChI=1S/C18H30O8.C8H14O4.C5H8O2/c1-3-23-11-15(19)13-25-17(21)9-7-5-6-8-10-18(22)26-14-16(20)12-24-4-2;9-7(10)5-3-1-2-4-6-8(11)12;1-2-6-3-5-4-7-5/h3-4,15-16,19-20H,1-2,5-14H2;1-6H2,(H,9,10)(H,11,12);2,5H,1,3-4H2. The van der Waals surface area contributed by atoms with Gasteiger partial charge in [-0.15, -0.1) is 0 Å². The SMILES string of the molecule is C=COCC(O)COC(=O)CCCCCCC(=O)OCC(O)COC=C.C=COCC1CO1.O=C(O)CCCCCCC(=O)O. The van der Waals surface area contributed by atoms with Crippen LogP contribution in [0, 0.1) is 0 Å². The molecule has 1 aliphatic heterocycles. The van der Waals surface area contributed by atoms with E-state index in [-0.39, 0.29) is 64.0 Å². The minimum absolute atomic E-state index is 0.0329. The summed E-state index contributed by atoms with van der Waals surface area (Å²) in [4.78, 5) is 43.0. The molecule has 0 aromatic carbocycles. The molecule has 0 aliphatic carbocycles. The summed E-state index contributed by atoms with van der Waals surface area (Å²) in [5.41, 5.74) is 0. The highest BCUT2D eigenvalue weighted by Crippen LogP contribution is 2.09. The number of aliphatic carboxylic acids is 2. The maximum absolute atomic E-state index is 11.5. The Hall–Kier alpha value is -3.62. The Morgan fingerprint density at radius 3 is 1.29 bits per heavy atom. The van der Waals surface area contributed by atoms with E-state index in [1.54, 1.807) is 0 Å². The number of carboxylic acids is 2. The first kappa shape index (κ1) is 43.5. The van der Waals surface area contributed by atoms with Crippen LogP contribution in [0.3, 0.4) is 0 Å². The van der Waals surface area contributed by atoms with Crippen molar-refractivity contribution >= 4 is 23.9 Å². The van der Waals surface area contributed by atoms with Crippen molar-refractivity contribution in [2.45, 2.75) is 95.4 Å². The maximum atomic E-state index is 11.5. The number of rotatable bonds is 27. The molecule has 0 radical (unpaired) electrons. The molecule has 0 amide bonds. The van der Waals surface area contributed by atoms with Crippen LogP contribution in [0.15, 0.2) is 38.5 Å². The first-order valence-electron chi connectivity index (χ1n) is 15.0. The fourth-order valence-corrected chi connectivity index (χ4v) is 3.11. The summed E-state index contributed by atoms with van der Waals surface area (Å²) in [6.45, 7) is 11.4. The number of aliphatic hydroxyl groups excluding tert-OH is 2. The van der Waals surface area contributed by atoms with Crippen LogP contribution in [0.1, 0.15) is 77.0 Å². The average Bonchev–Trinajstić information content (AvgIpc) is 3.84. The summed E-state index contributed by atoms with van der Waals surface area (Å²) in [6, 6.07) is 0. The van der Waals surface area contributed by atoms with Crippen molar-refractivity contribution in [3.8, 4) is 0 Å². The van der Waals surface area contributed by atoms with Crippen LogP contribution in [0.5, 0.6) is 0 Å². The van der Waals surface area contributed by atoms with E-state index in [0.717, 1.165) is 32.3 Å². The second kappa shape index (κ2) is 31.8. The zero-order chi connectivity index (χ0) is 34.1. The van der Waals surface area contributed by atoms with E-state index in [1.807, 2.05) is 0 Å². The van der Waals surface area contributed by atoms with Gasteiger partial charge in [0.2, 0.25) is 0 Å². The first-order chi connectivity index (χ1) is 21.5. The molecule has 260 valence electrons. The minimum atomic E-state index is -0.871. The van der Waals surface area contributed by atoms with Crippen LogP contribution >= 0.6 is 0 Å². The van der Waals surface area contributed by atoms with Crippen LogP contribution in [0.4, 0.5) is 0 Å². The van der Waals surface area contributed by atoms with Gasteiger partial charge in [0.1, 0.15) is 51.3 Å². The highest BCUT2D eigenvalue weighted by Gasteiger charge is 2.22. The molecule has 1 saturated heterocycles. The fraction of sp³-hybridized carbons (Fsp3) is 0.677. The van der Waals surface area contributed by atoms with Gasteiger partial charge >= 0.3 is 23.9 Å². The lowest BCUT2D eigenvalue weighted by Crippen LogP contribution is -2.22. The normalized spacial score (nSPS) is 14.0. The summed E-state index contributed by atoms with van der Waals surface area (Å²) in [5, 5.41) is 35.4. The molecule has 3 atom stereocenters. The van der Waals surface area contributed by atoms with Crippen molar-refractivity contribution in [1.29, 1.82) is 0 Å². The topological polar surface area (TPSA) is 208 Å². The molecule has 0 aromatic rings. The van der Waals surface area contributed by atoms with Crippen molar-refractivity contribution in [2.75, 3.05) is 39.6 Å². The number of esters is 2. The predicted octanol–water partition coefficient (Wildman–Crippen LogP) is 3.50. The lowest BCUT2D eigenvalue weighted by molar-refractivity contribution is -0.148. The number of hydrogen-bond acceptors (Lipinski definition) is 12. The van der Waals surface area contributed by atoms with Gasteiger partial charge in [0.15, 0.2) is 0 Å². The smallest absolute Gasteiger partial charge is 0.305 e. The number of epoxide rings is 1. The van der Waals surface area contributed by atoms with E-state index < -0.39 is 24.1 Å². The van der Waals surface area contributed by atoms with Crippen molar-refractivity contribution < 1.29 is 68.0 Å². The van der Waals surface area contributed by atoms with Crippen molar-refractivity contribution in [2.24, 2.45) is 0 Å². The highest BCUT2D eigenvalue weighted by molar-refractivity contribution is 5.69. The summed E-state index contributed by atoms with van der Waals surface area (Å²) in [7, 11) is 0. The van der Waals surface area contributed by atoms with Gasteiger partial charge in [-0.1, -0.05) is 45.4 Å². The summed E-state index contributed by atoms with van der Waals surface area (Å²) in [5.74, 6) is -2.32. The number of hydrogen-bond donors (Lipinski definition) is 4. The molecular weight excluding hydrogens is 596 g/mol. The van der Waals surface area contributed by atoms with Crippen LogP contribution in [-0.4, -0.2) is 102 Å². The van der Waals surface area contributed by atoms with Crippen molar-refractivity contribution in [3.05, 3.63) is 38.5 Å². The Morgan fingerprint density at radius 2 is 0.978 bits per heavy atom. The van der Waals surface area contributed by atoms with Gasteiger partial charge in [0.25, 0.3) is 0 Å². The third-order valence-electron chi connectivity index (χ3n) is 5.53. The molecule has 1 rings (SSSR count). The maximum Gasteiger partial charge on any atom is 0.305 e. The Balaban J connectivity index is 0. The molecule has 4 N–H and O–H groups in total. The van der Waals surface area contributed by atoms with E-state index in [1.165, 1.54) is 18.8 Å². The summed E-state index contributed by atoms with van der Waals surface area (Å²) < 4.78 is 29.0. The van der Waals surface area contributed by atoms with E-state index in [9.17, 15) is 29.4 Å². The number of unbranched alkanes of at least 4 members (excludes halogenated alkanes) is 6. The van der Waals surface area contributed by atoms with Crippen LogP contribution < -0.4 is 0 Å². The molecule has 0 saturated carbocycles. The van der Waals surface area contributed by atoms with Crippen LogP contribution in [-0.2, 0) is 47.6 Å². The molecule has 0 aromatic heterocycles. The minimum Gasteiger partial charge on any atom is -0.499 e.